The Balaban J connectivity index is 5.84. The largest absolute Gasteiger partial charge is 0.436 e. The summed E-state index contributed by atoms with van der Waals surface area (Å²) in [6.07, 6.45) is 1.04. The molecule has 0 unspecified atom stereocenters. The normalized spacial score (nSPS) is 15.2. The second kappa shape index (κ2) is 8.05. The molecule has 0 amide bonds. The SMILES string of the molecule is CC(C)[Si](C)(C)O[Si](C)(C)O[Si](CCCN)(C(C)(C)C)C(C)(C)C. The molecule has 0 aliphatic carbocycles. The fourth-order valence-corrected chi connectivity index (χ4v) is 21.0. The van der Waals surface area contributed by atoms with E-state index >= 15 is 0 Å². The van der Waals surface area contributed by atoms with Crippen LogP contribution in [-0.2, 0) is 8.23 Å². The molecular weight excluding hydrogens is 346 g/mol. The van der Waals surface area contributed by atoms with Crippen LogP contribution in [0.5, 0.6) is 0 Å². The number of hydrogen-bond acceptors (Lipinski definition) is 3. The highest BCUT2D eigenvalue weighted by Gasteiger charge is 2.57. The summed E-state index contributed by atoms with van der Waals surface area (Å²) in [6, 6.07) is 1.11. The van der Waals surface area contributed by atoms with Crippen molar-refractivity contribution >= 4 is 25.2 Å². The Morgan fingerprint density at radius 2 is 1.25 bits per heavy atom. The van der Waals surface area contributed by atoms with E-state index < -0.39 is 25.2 Å². The first-order chi connectivity index (χ1) is 10.4. The lowest BCUT2D eigenvalue weighted by Gasteiger charge is -2.55. The van der Waals surface area contributed by atoms with Crippen LogP contribution in [0.3, 0.4) is 0 Å². The number of hydrogen-bond donors (Lipinski definition) is 1. The van der Waals surface area contributed by atoms with Crippen LogP contribution in [0.15, 0.2) is 0 Å². The second-order valence-electron chi connectivity index (χ2n) is 10.6. The lowest BCUT2D eigenvalue weighted by molar-refractivity contribution is 0.336. The summed E-state index contributed by atoms with van der Waals surface area (Å²) in [5.74, 6) is 0. The molecule has 0 fully saturated rings. The summed E-state index contributed by atoms with van der Waals surface area (Å²) in [5, 5.41) is 0.301. The quantitative estimate of drug-likeness (QED) is 0.499. The molecule has 3 nitrogen and oxygen atoms in total. The van der Waals surface area contributed by atoms with Crippen molar-refractivity contribution in [2.45, 2.75) is 110 Å². The van der Waals surface area contributed by atoms with Crippen LogP contribution >= 0.6 is 0 Å². The highest BCUT2D eigenvalue weighted by Crippen LogP contribution is 2.55. The predicted molar refractivity (Wildman–Crippen MR) is 116 cm³/mol. The standard InChI is InChI=1S/C18H45NO2Si3/c1-16(2)22(9,10)20-23(11,12)21-24(15-13-14-19,17(3,4)5)18(6,7)8/h16H,13-15,19H2,1-12H3. The molecule has 0 saturated heterocycles. The predicted octanol–water partition coefficient (Wildman–Crippen LogP) is 6.23. The van der Waals surface area contributed by atoms with Crippen molar-refractivity contribution in [2.24, 2.45) is 5.73 Å². The van der Waals surface area contributed by atoms with E-state index in [1.807, 2.05) is 0 Å². The van der Waals surface area contributed by atoms with Crippen molar-refractivity contribution in [3.8, 4) is 0 Å². The van der Waals surface area contributed by atoms with E-state index in [0.717, 1.165) is 19.0 Å². The third-order valence-electron chi connectivity index (χ3n) is 5.48. The minimum Gasteiger partial charge on any atom is -0.436 e. The zero-order chi connectivity index (χ0) is 19.6. The van der Waals surface area contributed by atoms with Crippen LogP contribution in [0.2, 0.25) is 47.8 Å². The van der Waals surface area contributed by atoms with Gasteiger partial charge in [0.2, 0.25) is 0 Å². The van der Waals surface area contributed by atoms with Crippen molar-refractivity contribution in [3.63, 3.8) is 0 Å². The molecule has 0 aromatic heterocycles. The average Bonchev–Trinajstić information content (AvgIpc) is 2.29. The topological polar surface area (TPSA) is 44.5 Å². The first-order valence-electron chi connectivity index (χ1n) is 9.52. The summed E-state index contributed by atoms with van der Waals surface area (Å²) in [4.78, 5) is 0. The zero-order valence-electron chi connectivity index (χ0n) is 18.6. The minimum absolute atomic E-state index is 0.150. The molecule has 0 saturated carbocycles. The van der Waals surface area contributed by atoms with Gasteiger partial charge >= 0.3 is 8.56 Å². The Morgan fingerprint density at radius 3 is 1.54 bits per heavy atom. The highest BCUT2D eigenvalue weighted by molar-refractivity contribution is 6.91. The summed E-state index contributed by atoms with van der Waals surface area (Å²) < 4.78 is 13.9. The van der Waals surface area contributed by atoms with E-state index in [1.54, 1.807) is 0 Å². The molecule has 0 aliphatic heterocycles. The van der Waals surface area contributed by atoms with Gasteiger partial charge < -0.3 is 14.0 Å². The van der Waals surface area contributed by atoms with Crippen LogP contribution < -0.4 is 5.73 Å². The van der Waals surface area contributed by atoms with Crippen LogP contribution in [0.1, 0.15) is 61.8 Å². The van der Waals surface area contributed by atoms with Gasteiger partial charge in [0, 0.05) is 0 Å². The van der Waals surface area contributed by atoms with Gasteiger partial charge in [0.25, 0.3) is 0 Å². The molecule has 0 bridgehead atoms. The maximum Gasteiger partial charge on any atom is 0.311 e. The number of rotatable bonds is 8. The summed E-state index contributed by atoms with van der Waals surface area (Å²) in [7, 11) is -6.07. The van der Waals surface area contributed by atoms with E-state index in [-0.39, 0.29) is 10.1 Å². The Morgan fingerprint density at radius 1 is 0.833 bits per heavy atom. The van der Waals surface area contributed by atoms with Crippen LogP contribution in [-0.4, -0.2) is 31.7 Å². The van der Waals surface area contributed by atoms with Crippen LogP contribution in [0.25, 0.3) is 0 Å². The molecule has 2 N–H and O–H groups in total. The van der Waals surface area contributed by atoms with Crippen molar-refractivity contribution in [2.75, 3.05) is 6.54 Å². The van der Waals surface area contributed by atoms with Crippen molar-refractivity contribution in [1.29, 1.82) is 0 Å². The fraction of sp³-hybridized carbons (Fsp3) is 1.00. The third kappa shape index (κ3) is 6.06. The molecule has 0 aromatic rings. The number of nitrogens with two attached hydrogens (primary N) is 1. The van der Waals surface area contributed by atoms with Gasteiger partial charge in [0.1, 0.15) is 0 Å². The Bertz CT molecular complexity index is 382. The fourth-order valence-electron chi connectivity index (χ4n) is 3.77. The van der Waals surface area contributed by atoms with Gasteiger partial charge in [-0.1, -0.05) is 55.4 Å². The van der Waals surface area contributed by atoms with E-state index in [0.29, 0.717) is 5.54 Å². The summed E-state index contributed by atoms with van der Waals surface area (Å²) in [6.45, 7) is 28.6. The van der Waals surface area contributed by atoms with Crippen molar-refractivity contribution in [3.05, 3.63) is 0 Å². The van der Waals surface area contributed by atoms with E-state index in [1.165, 1.54) is 0 Å². The molecule has 0 spiro atoms. The van der Waals surface area contributed by atoms with E-state index in [4.69, 9.17) is 14.0 Å². The smallest absolute Gasteiger partial charge is 0.311 e. The monoisotopic (exact) mass is 391 g/mol. The molecule has 0 rings (SSSR count). The van der Waals surface area contributed by atoms with Gasteiger partial charge in [-0.05, 0) is 60.8 Å². The summed E-state index contributed by atoms with van der Waals surface area (Å²) in [5.41, 5.74) is 6.48. The van der Waals surface area contributed by atoms with Crippen molar-refractivity contribution in [1.82, 2.24) is 0 Å². The highest BCUT2D eigenvalue weighted by atomic mass is 28.5. The van der Waals surface area contributed by atoms with Gasteiger partial charge in [-0.25, -0.2) is 0 Å². The molecular formula is C18H45NO2Si3. The Labute approximate surface area is 155 Å². The third-order valence-corrected chi connectivity index (χ3v) is 21.6. The molecule has 146 valence electrons. The maximum atomic E-state index is 7.18. The Kier molecular flexibility index (Phi) is 8.22. The lowest BCUT2D eigenvalue weighted by atomic mass is 10.2. The lowest BCUT2D eigenvalue weighted by Crippen LogP contribution is -2.62. The molecule has 0 radical (unpaired) electrons. The van der Waals surface area contributed by atoms with Gasteiger partial charge in [0.05, 0.1) is 0 Å². The molecule has 0 aliphatic rings. The first kappa shape index (κ1) is 24.5. The average molecular weight is 392 g/mol. The zero-order valence-corrected chi connectivity index (χ0v) is 21.6. The minimum atomic E-state index is -2.22. The van der Waals surface area contributed by atoms with E-state index in [9.17, 15) is 0 Å². The molecule has 0 aromatic carbocycles. The van der Waals surface area contributed by atoms with Gasteiger partial charge in [-0.2, -0.15) is 0 Å². The van der Waals surface area contributed by atoms with Crippen LogP contribution in [0, 0.1) is 0 Å². The maximum absolute atomic E-state index is 7.18. The Hall–Kier alpha value is 0.531. The molecule has 24 heavy (non-hydrogen) atoms. The molecule has 0 atom stereocenters. The molecule has 6 heteroatoms. The molecule has 0 heterocycles. The van der Waals surface area contributed by atoms with Crippen LogP contribution in [0.4, 0.5) is 0 Å². The van der Waals surface area contributed by atoms with Gasteiger partial charge in [0.15, 0.2) is 16.6 Å². The first-order valence-corrected chi connectivity index (χ1v) is 17.4. The van der Waals surface area contributed by atoms with Gasteiger partial charge in [-0.3, -0.25) is 0 Å². The van der Waals surface area contributed by atoms with E-state index in [2.05, 4.69) is 81.6 Å². The van der Waals surface area contributed by atoms with Crippen molar-refractivity contribution < 1.29 is 8.23 Å². The van der Waals surface area contributed by atoms with Gasteiger partial charge in [-0.15, -0.1) is 0 Å². The summed E-state index contributed by atoms with van der Waals surface area (Å²) >= 11 is 0. The second-order valence-corrected chi connectivity index (χ2v) is 24.5.